The van der Waals surface area contributed by atoms with Gasteiger partial charge in [0.15, 0.2) is 0 Å². The normalized spacial score (nSPS) is 11.8. The van der Waals surface area contributed by atoms with Crippen molar-refractivity contribution in [1.29, 1.82) is 0 Å². The van der Waals surface area contributed by atoms with E-state index in [1.54, 1.807) is 0 Å². The molecule has 0 saturated carbocycles. The largest absolute Gasteiger partial charge is 0.0616 e. The van der Waals surface area contributed by atoms with E-state index in [1.165, 1.54) is 131 Å². The molecule has 0 spiro atoms. The molecule has 13 aromatic carbocycles. The van der Waals surface area contributed by atoms with Gasteiger partial charge in [-0.1, -0.05) is 194 Å². The SMILES string of the molecule is c1cc(-c2ccc3c(-c4ccc5ccccc5c4)c4cc(-c5cccc(-c6ccc7c(ccc8ccccc87)c6)c5)ccc4cc3c2)cc(-c2ccc3c(ccc4ccccc43)c2)c1. The first-order valence-electron chi connectivity index (χ1n) is 22.2. The molecule has 0 amide bonds. The standard InChI is InChI=1S/C64H40/c1-2-12-44-37-56(26-19-41(44)9-1)64-62-32-29-51(47-15-7-13-45(33-47)49-27-30-60-53(35-49)23-20-42-10-3-5-17-58(42)60)38-57(62)39-55-25-22-52(40-63(55)64)48-16-8-14-46(34-48)50-28-31-61-54(36-50)24-21-43-11-4-6-18-59(43)61/h1-40H. The monoisotopic (exact) mass is 808 g/mol. The lowest BCUT2D eigenvalue weighted by molar-refractivity contribution is 1.61. The summed E-state index contributed by atoms with van der Waals surface area (Å²) < 4.78 is 0. The summed E-state index contributed by atoms with van der Waals surface area (Å²) in [6, 6.07) is 90.1. The van der Waals surface area contributed by atoms with Crippen LogP contribution in [-0.4, -0.2) is 0 Å². The van der Waals surface area contributed by atoms with Crippen LogP contribution in [0.25, 0.3) is 131 Å². The third kappa shape index (κ3) is 6.15. The minimum Gasteiger partial charge on any atom is -0.0616 e. The fraction of sp³-hybridized carbons (Fsp3) is 0. The maximum absolute atomic E-state index is 2.41. The first kappa shape index (κ1) is 36.3. The van der Waals surface area contributed by atoms with Crippen molar-refractivity contribution in [1.82, 2.24) is 0 Å². The molecule has 0 N–H and O–H groups in total. The number of fused-ring (bicyclic) bond motifs is 9. The van der Waals surface area contributed by atoms with Gasteiger partial charge in [-0.05, 0) is 180 Å². The van der Waals surface area contributed by atoms with Gasteiger partial charge in [0, 0.05) is 0 Å². The Morgan fingerprint density at radius 1 is 0.141 bits per heavy atom. The fourth-order valence-corrected chi connectivity index (χ4v) is 10.3. The second-order valence-corrected chi connectivity index (χ2v) is 17.3. The molecule has 0 radical (unpaired) electrons. The Labute approximate surface area is 371 Å². The molecule has 0 unspecified atom stereocenters. The van der Waals surface area contributed by atoms with Crippen LogP contribution in [0.5, 0.6) is 0 Å². The van der Waals surface area contributed by atoms with Gasteiger partial charge in [0.1, 0.15) is 0 Å². The van der Waals surface area contributed by atoms with Crippen molar-refractivity contribution in [2.45, 2.75) is 0 Å². The zero-order valence-electron chi connectivity index (χ0n) is 35.1. The van der Waals surface area contributed by atoms with Gasteiger partial charge in [0.2, 0.25) is 0 Å². The molecule has 0 saturated heterocycles. The average Bonchev–Trinajstić information content (AvgIpc) is 3.37. The Hall–Kier alpha value is -8.32. The summed E-state index contributed by atoms with van der Waals surface area (Å²) in [4.78, 5) is 0. The third-order valence-electron chi connectivity index (χ3n) is 13.5. The van der Waals surface area contributed by atoms with Gasteiger partial charge in [0.25, 0.3) is 0 Å². The first-order valence-corrected chi connectivity index (χ1v) is 22.2. The average molecular weight is 809 g/mol. The summed E-state index contributed by atoms with van der Waals surface area (Å²) in [5.41, 5.74) is 12.2. The minimum absolute atomic E-state index is 1.21. The van der Waals surface area contributed by atoms with E-state index in [-0.39, 0.29) is 0 Å². The molecule has 13 aromatic rings. The van der Waals surface area contributed by atoms with E-state index in [1.807, 2.05) is 0 Å². The highest BCUT2D eigenvalue weighted by molar-refractivity contribution is 6.15. The van der Waals surface area contributed by atoms with Gasteiger partial charge in [-0.3, -0.25) is 0 Å². The van der Waals surface area contributed by atoms with Crippen LogP contribution in [0.1, 0.15) is 0 Å². The van der Waals surface area contributed by atoms with E-state index in [0.29, 0.717) is 0 Å². The molecular weight excluding hydrogens is 769 g/mol. The van der Waals surface area contributed by atoms with Gasteiger partial charge in [0.05, 0.1) is 0 Å². The van der Waals surface area contributed by atoms with Crippen LogP contribution in [-0.2, 0) is 0 Å². The number of benzene rings is 13. The van der Waals surface area contributed by atoms with Gasteiger partial charge < -0.3 is 0 Å². The summed E-state index contributed by atoms with van der Waals surface area (Å²) in [5.74, 6) is 0. The van der Waals surface area contributed by atoms with Gasteiger partial charge in [-0.2, -0.15) is 0 Å². The van der Waals surface area contributed by atoms with Crippen molar-refractivity contribution in [2.75, 3.05) is 0 Å². The molecule has 0 fully saturated rings. The molecule has 0 aromatic heterocycles. The highest BCUT2D eigenvalue weighted by Crippen LogP contribution is 2.42. The lowest BCUT2D eigenvalue weighted by Gasteiger charge is -2.16. The highest BCUT2D eigenvalue weighted by atomic mass is 14.2. The maximum atomic E-state index is 2.41. The number of rotatable bonds is 5. The van der Waals surface area contributed by atoms with Crippen molar-refractivity contribution >= 4 is 75.4 Å². The maximum Gasteiger partial charge on any atom is -0.00264 e. The van der Waals surface area contributed by atoms with E-state index in [0.717, 1.165) is 0 Å². The second-order valence-electron chi connectivity index (χ2n) is 17.3. The van der Waals surface area contributed by atoms with Crippen molar-refractivity contribution in [2.24, 2.45) is 0 Å². The van der Waals surface area contributed by atoms with Crippen molar-refractivity contribution in [3.63, 3.8) is 0 Å². The molecule has 0 heteroatoms. The lowest BCUT2D eigenvalue weighted by Crippen LogP contribution is -1.89. The molecule has 0 heterocycles. The Balaban J connectivity index is 0.920. The highest BCUT2D eigenvalue weighted by Gasteiger charge is 2.15. The van der Waals surface area contributed by atoms with Crippen molar-refractivity contribution < 1.29 is 0 Å². The van der Waals surface area contributed by atoms with E-state index in [9.17, 15) is 0 Å². The molecule has 13 rings (SSSR count). The summed E-state index contributed by atoms with van der Waals surface area (Å²) in [7, 11) is 0. The molecule has 0 atom stereocenters. The Kier molecular flexibility index (Phi) is 8.32. The molecule has 0 aliphatic rings. The van der Waals surface area contributed by atoms with E-state index >= 15 is 0 Å². The predicted molar refractivity (Wildman–Crippen MR) is 276 cm³/mol. The van der Waals surface area contributed by atoms with E-state index < -0.39 is 0 Å². The molecule has 64 heavy (non-hydrogen) atoms. The van der Waals surface area contributed by atoms with Crippen molar-refractivity contribution in [3.05, 3.63) is 243 Å². The van der Waals surface area contributed by atoms with Crippen LogP contribution >= 0.6 is 0 Å². The zero-order valence-corrected chi connectivity index (χ0v) is 35.1. The summed E-state index contributed by atoms with van der Waals surface area (Å²) in [6.07, 6.45) is 0. The quantitative estimate of drug-likeness (QED) is 0.120. The second kappa shape index (κ2) is 14.7. The fourth-order valence-electron chi connectivity index (χ4n) is 10.3. The predicted octanol–water partition coefficient (Wildman–Crippen LogP) is 18.1. The molecular formula is C64H40. The molecule has 0 bridgehead atoms. The van der Waals surface area contributed by atoms with Crippen LogP contribution in [0, 0.1) is 0 Å². The molecule has 0 nitrogen and oxygen atoms in total. The van der Waals surface area contributed by atoms with Crippen molar-refractivity contribution in [3.8, 4) is 55.6 Å². The van der Waals surface area contributed by atoms with Gasteiger partial charge >= 0.3 is 0 Å². The summed E-state index contributed by atoms with van der Waals surface area (Å²) in [5, 5.41) is 17.7. The third-order valence-corrected chi connectivity index (χ3v) is 13.5. The topological polar surface area (TPSA) is 0 Å². The van der Waals surface area contributed by atoms with Gasteiger partial charge in [-0.15, -0.1) is 0 Å². The van der Waals surface area contributed by atoms with E-state index in [2.05, 4.69) is 243 Å². The summed E-state index contributed by atoms with van der Waals surface area (Å²) >= 11 is 0. The van der Waals surface area contributed by atoms with Crippen LogP contribution in [0.3, 0.4) is 0 Å². The number of hydrogen-bond donors (Lipinski definition) is 0. The first-order chi connectivity index (χ1) is 31.7. The minimum atomic E-state index is 1.21. The van der Waals surface area contributed by atoms with Crippen LogP contribution in [0.15, 0.2) is 243 Å². The number of hydrogen-bond acceptors (Lipinski definition) is 0. The smallest absolute Gasteiger partial charge is 0.00264 e. The van der Waals surface area contributed by atoms with Crippen LogP contribution in [0.2, 0.25) is 0 Å². The molecule has 0 aliphatic carbocycles. The zero-order chi connectivity index (χ0) is 42.1. The van der Waals surface area contributed by atoms with Crippen LogP contribution in [0.4, 0.5) is 0 Å². The lowest BCUT2D eigenvalue weighted by atomic mass is 9.88. The van der Waals surface area contributed by atoms with E-state index in [4.69, 9.17) is 0 Å². The Morgan fingerprint density at radius 3 is 1.09 bits per heavy atom. The van der Waals surface area contributed by atoms with Gasteiger partial charge in [-0.25, -0.2) is 0 Å². The van der Waals surface area contributed by atoms with Crippen LogP contribution < -0.4 is 0 Å². The Morgan fingerprint density at radius 2 is 0.500 bits per heavy atom. The molecule has 0 aliphatic heterocycles. The summed E-state index contributed by atoms with van der Waals surface area (Å²) in [6.45, 7) is 0. The Bertz CT molecular complexity index is 4020. The molecule has 296 valence electrons.